The van der Waals surface area contributed by atoms with Crippen molar-refractivity contribution in [2.75, 3.05) is 6.26 Å². The van der Waals surface area contributed by atoms with Crippen molar-refractivity contribution in [1.82, 2.24) is 9.97 Å². The lowest BCUT2D eigenvalue weighted by Gasteiger charge is -2.09. The second-order valence-electron chi connectivity index (χ2n) is 4.10. The zero-order valence-corrected chi connectivity index (χ0v) is 10.7. The highest BCUT2D eigenvalue weighted by molar-refractivity contribution is 7.90. The van der Waals surface area contributed by atoms with E-state index < -0.39 is 15.9 Å². The Balaban J connectivity index is 2.14. The van der Waals surface area contributed by atoms with Crippen LogP contribution in [0.4, 0.5) is 0 Å². The lowest BCUT2D eigenvalue weighted by Crippen LogP contribution is -2.04. The monoisotopic (exact) mass is 266 g/mol. The average molecular weight is 266 g/mol. The van der Waals surface area contributed by atoms with Crippen LogP contribution in [-0.4, -0.2) is 29.7 Å². The molecule has 1 unspecified atom stereocenters. The summed E-state index contributed by atoms with van der Waals surface area (Å²) in [6, 6.07) is 6.22. The van der Waals surface area contributed by atoms with E-state index in [1.807, 2.05) is 0 Å². The van der Waals surface area contributed by atoms with Crippen LogP contribution in [0.1, 0.15) is 17.5 Å². The lowest BCUT2D eigenvalue weighted by molar-refractivity contribution is 0.176. The van der Waals surface area contributed by atoms with Crippen molar-refractivity contribution in [2.45, 2.75) is 17.4 Å². The zero-order valence-electron chi connectivity index (χ0n) is 9.87. The number of sulfone groups is 1. The molecule has 96 valence electrons. The van der Waals surface area contributed by atoms with Gasteiger partial charge in [-0.05, 0) is 17.7 Å². The number of imidazole rings is 1. The number of hydrogen-bond acceptors (Lipinski definition) is 4. The minimum atomic E-state index is -3.20. The maximum Gasteiger partial charge on any atom is 0.175 e. The smallest absolute Gasteiger partial charge is 0.175 e. The molecule has 0 aliphatic rings. The molecule has 2 N–H and O–H groups in total. The Hall–Kier alpha value is -1.66. The summed E-state index contributed by atoms with van der Waals surface area (Å²) in [5.41, 5.74) is 0.666. The fourth-order valence-electron chi connectivity index (χ4n) is 1.65. The first-order chi connectivity index (χ1) is 8.47. The van der Waals surface area contributed by atoms with Gasteiger partial charge in [-0.3, -0.25) is 0 Å². The third-order valence-electron chi connectivity index (χ3n) is 2.63. The van der Waals surface area contributed by atoms with Crippen LogP contribution in [-0.2, 0) is 16.3 Å². The molecule has 2 rings (SSSR count). The topological polar surface area (TPSA) is 83.1 Å². The molecule has 1 atom stereocenters. The highest BCUT2D eigenvalue weighted by atomic mass is 32.2. The standard InChI is InChI=1S/C12H14N2O3S/c1-18(16,17)10-4-2-9(3-5-10)11(15)8-12-13-6-7-14-12/h2-7,11,15H,8H2,1H3,(H,13,14). The van der Waals surface area contributed by atoms with Crippen LogP contribution >= 0.6 is 0 Å². The molecular weight excluding hydrogens is 252 g/mol. The van der Waals surface area contributed by atoms with Gasteiger partial charge in [-0.15, -0.1) is 0 Å². The van der Waals surface area contributed by atoms with Gasteiger partial charge in [0.25, 0.3) is 0 Å². The number of aromatic nitrogens is 2. The van der Waals surface area contributed by atoms with Crippen LogP contribution in [0.3, 0.4) is 0 Å². The Morgan fingerprint density at radius 2 is 2.00 bits per heavy atom. The SMILES string of the molecule is CS(=O)(=O)c1ccc(C(O)Cc2ncc[nH]2)cc1. The van der Waals surface area contributed by atoms with E-state index in [-0.39, 0.29) is 4.90 Å². The number of nitrogens with zero attached hydrogens (tertiary/aromatic N) is 1. The number of hydrogen-bond donors (Lipinski definition) is 2. The van der Waals surface area contributed by atoms with Crippen molar-refractivity contribution in [2.24, 2.45) is 0 Å². The summed E-state index contributed by atoms with van der Waals surface area (Å²) in [5.74, 6) is 0.690. The first kappa shape index (κ1) is 12.8. The molecule has 0 saturated heterocycles. The van der Waals surface area contributed by atoms with Crippen molar-refractivity contribution in [1.29, 1.82) is 0 Å². The lowest BCUT2D eigenvalue weighted by atomic mass is 10.1. The third kappa shape index (κ3) is 2.96. The van der Waals surface area contributed by atoms with E-state index in [9.17, 15) is 13.5 Å². The van der Waals surface area contributed by atoms with E-state index in [1.54, 1.807) is 24.5 Å². The normalized spacial score (nSPS) is 13.4. The van der Waals surface area contributed by atoms with Gasteiger partial charge in [-0.2, -0.15) is 0 Å². The number of benzene rings is 1. The fraction of sp³-hybridized carbons (Fsp3) is 0.250. The molecule has 0 saturated carbocycles. The first-order valence-corrected chi connectivity index (χ1v) is 7.32. The molecule has 0 aliphatic heterocycles. The summed E-state index contributed by atoms with van der Waals surface area (Å²) in [5, 5.41) is 9.98. The second-order valence-corrected chi connectivity index (χ2v) is 6.11. The summed E-state index contributed by atoms with van der Waals surface area (Å²) < 4.78 is 22.6. The molecule has 0 radical (unpaired) electrons. The van der Waals surface area contributed by atoms with Crippen LogP contribution in [0.2, 0.25) is 0 Å². The predicted molar refractivity (Wildman–Crippen MR) is 66.8 cm³/mol. The van der Waals surface area contributed by atoms with Crippen LogP contribution in [0, 0.1) is 0 Å². The molecular formula is C12H14N2O3S. The molecule has 18 heavy (non-hydrogen) atoms. The van der Waals surface area contributed by atoms with Crippen molar-refractivity contribution in [3.8, 4) is 0 Å². The van der Waals surface area contributed by atoms with Gasteiger partial charge in [0.2, 0.25) is 0 Å². The second kappa shape index (κ2) is 4.91. The minimum Gasteiger partial charge on any atom is -0.388 e. The fourth-order valence-corrected chi connectivity index (χ4v) is 2.28. The van der Waals surface area contributed by atoms with E-state index in [0.717, 1.165) is 6.26 Å². The Labute approximate surface area is 105 Å². The van der Waals surface area contributed by atoms with Gasteiger partial charge in [0.15, 0.2) is 9.84 Å². The summed E-state index contributed by atoms with van der Waals surface area (Å²) in [6.07, 6.45) is 4.13. The molecule has 0 amide bonds. The van der Waals surface area contributed by atoms with Crippen LogP contribution in [0.25, 0.3) is 0 Å². The number of rotatable bonds is 4. The van der Waals surface area contributed by atoms with Gasteiger partial charge in [-0.1, -0.05) is 12.1 Å². The third-order valence-corrected chi connectivity index (χ3v) is 3.76. The van der Waals surface area contributed by atoms with E-state index in [0.29, 0.717) is 17.8 Å². The first-order valence-electron chi connectivity index (χ1n) is 5.43. The summed E-state index contributed by atoms with van der Waals surface area (Å²) in [7, 11) is -3.20. The largest absolute Gasteiger partial charge is 0.388 e. The van der Waals surface area contributed by atoms with Gasteiger partial charge < -0.3 is 10.1 Å². The number of aromatic amines is 1. The van der Waals surface area contributed by atoms with E-state index in [2.05, 4.69) is 9.97 Å². The molecule has 0 spiro atoms. The summed E-state index contributed by atoms with van der Waals surface area (Å²) in [4.78, 5) is 7.18. The molecule has 2 aromatic rings. The molecule has 5 nitrogen and oxygen atoms in total. The summed E-state index contributed by atoms with van der Waals surface area (Å²) >= 11 is 0. The van der Waals surface area contributed by atoms with E-state index >= 15 is 0 Å². The number of aliphatic hydroxyl groups excluding tert-OH is 1. The van der Waals surface area contributed by atoms with Crippen LogP contribution in [0.5, 0.6) is 0 Å². The maximum absolute atomic E-state index is 11.3. The van der Waals surface area contributed by atoms with Crippen molar-refractivity contribution in [3.63, 3.8) is 0 Å². The maximum atomic E-state index is 11.3. The number of nitrogens with one attached hydrogen (secondary N) is 1. The highest BCUT2D eigenvalue weighted by Crippen LogP contribution is 2.18. The molecule has 0 fully saturated rings. The zero-order chi connectivity index (χ0) is 13.2. The van der Waals surface area contributed by atoms with Gasteiger partial charge >= 0.3 is 0 Å². The Kier molecular flexibility index (Phi) is 3.49. The Morgan fingerprint density at radius 3 is 2.50 bits per heavy atom. The van der Waals surface area contributed by atoms with Gasteiger partial charge in [-0.25, -0.2) is 13.4 Å². The van der Waals surface area contributed by atoms with Gasteiger partial charge in [0.05, 0.1) is 11.0 Å². The van der Waals surface area contributed by atoms with Crippen molar-refractivity contribution >= 4 is 9.84 Å². The quantitative estimate of drug-likeness (QED) is 0.867. The molecule has 1 heterocycles. The number of H-pyrrole nitrogens is 1. The highest BCUT2D eigenvalue weighted by Gasteiger charge is 2.12. The van der Waals surface area contributed by atoms with Crippen LogP contribution < -0.4 is 0 Å². The molecule has 6 heteroatoms. The molecule has 0 aliphatic carbocycles. The molecule has 1 aromatic heterocycles. The predicted octanol–water partition coefficient (Wildman–Crippen LogP) is 1.09. The molecule has 1 aromatic carbocycles. The summed E-state index contributed by atoms with van der Waals surface area (Å²) in [6.45, 7) is 0. The van der Waals surface area contributed by atoms with Gasteiger partial charge in [0.1, 0.15) is 5.82 Å². The molecule has 0 bridgehead atoms. The number of aliphatic hydroxyl groups is 1. The van der Waals surface area contributed by atoms with Crippen molar-refractivity contribution in [3.05, 3.63) is 48.0 Å². The Bertz CT molecular complexity index is 603. The van der Waals surface area contributed by atoms with Crippen LogP contribution in [0.15, 0.2) is 41.6 Å². The average Bonchev–Trinajstić information content (AvgIpc) is 2.81. The van der Waals surface area contributed by atoms with Crippen molar-refractivity contribution < 1.29 is 13.5 Å². The minimum absolute atomic E-state index is 0.247. The van der Waals surface area contributed by atoms with Gasteiger partial charge in [0, 0.05) is 25.1 Å². The Morgan fingerprint density at radius 1 is 1.33 bits per heavy atom. The van der Waals surface area contributed by atoms with E-state index in [1.165, 1.54) is 12.1 Å². The van der Waals surface area contributed by atoms with E-state index in [4.69, 9.17) is 0 Å².